The van der Waals surface area contributed by atoms with Gasteiger partial charge >= 0.3 is 11.9 Å². The van der Waals surface area contributed by atoms with Gasteiger partial charge in [-0.15, -0.1) is 0 Å². The van der Waals surface area contributed by atoms with Gasteiger partial charge in [0.1, 0.15) is 43.2 Å². The van der Waals surface area contributed by atoms with Crippen LogP contribution in [0.2, 0.25) is 0 Å². The Labute approximate surface area is 302 Å². The number of ether oxygens (including phenoxy) is 9. The zero-order chi connectivity index (χ0) is 35.9. The highest BCUT2D eigenvalue weighted by molar-refractivity contribution is 5.90. The van der Waals surface area contributed by atoms with Crippen molar-refractivity contribution in [3.63, 3.8) is 0 Å². The van der Waals surface area contributed by atoms with Crippen molar-refractivity contribution >= 4 is 11.9 Å². The number of methoxy groups -OCH3 is 1. The Hall–Kier alpha value is -4.46. The fourth-order valence-electron chi connectivity index (χ4n) is 6.54. The first kappa shape index (κ1) is 35.9. The maximum atomic E-state index is 13.2. The van der Waals surface area contributed by atoms with Crippen molar-refractivity contribution in [1.82, 2.24) is 0 Å². The lowest BCUT2D eigenvalue weighted by Crippen LogP contribution is -2.60. The molecule has 52 heavy (non-hydrogen) atoms. The topological polar surface area (TPSA) is 121 Å². The summed E-state index contributed by atoms with van der Waals surface area (Å²) in [5.74, 6) is -1.15. The first-order valence-corrected chi connectivity index (χ1v) is 17.4. The number of carbonyl (C=O) groups excluding carboxylic acids is 2. The number of hydrogen-bond acceptors (Lipinski definition) is 11. The summed E-state index contributed by atoms with van der Waals surface area (Å²) < 4.78 is 55.9. The monoisotopic (exact) mass is 710 g/mol. The average molecular weight is 711 g/mol. The third-order valence-corrected chi connectivity index (χ3v) is 9.29. The smallest absolute Gasteiger partial charge is 0.338 e. The highest BCUT2D eigenvalue weighted by atomic mass is 16.8. The summed E-state index contributed by atoms with van der Waals surface area (Å²) in [6.45, 7) is 2.28. The van der Waals surface area contributed by atoms with E-state index < -0.39 is 73.4 Å². The molecule has 0 bridgehead atoms. The number of hydrogen-bond donors (Lipinski definition) is 0. The summed E-state index contributed by atoms with van der Waals surface area (Å²) in [5, 5.41) is 0. The summed E-state index contributed by atoms with van der Waals surface area (Å²) in [5.41, 5.74) is 2.69. The van der Waals surface area contributed by atoms with Crippen LogP contribution in [0.15, 0.2) is 121 Å². The van der Waals surface area contributed by atoms with Crippen LogP contribution in [0.4, 0.5) is 0 Å². The van der Waals surface area contributed by atoms with Crippen molar-refractivity contribution in [1.29, 1.82) is 0 Å². The summed E-state index contributed by atoms with van der Waals surface area (Å²) in [7, 11) is 1.54. The molecule has 3 saturated heterocycles. The van der Waals surface area contributed by atoms with E-state index in [0.717, 1.165) is 11.1 Å². The van der Waals surface area contributed by atoms with Gasteiger partial charge in [-0.25, -0.2) is 9.59 Å². The van der Waals surface area contributed by atoms with E-state index >= 15 is 0 Å². The molecule has 4 aromatic carbocycles. The molecule has 0 aliphatic carbocycles. The summed E-state index contributed by atoms with van der Waals surface area (Å²) in [4.78, 5) is 26.1. The van der Waals surface area contributed by atoms with Crippen LogP contribution < -0.4 is 0 Å². The zero-order valence-electron chi connectivity index (χ0n) is 28.9. The Balaban J connectivity index is 1.09. The lowest BCUT2D eigenvalue weighted by molar-refractivity contribution is -0.340. The number of esters is 2. The van der Waals surface area contributed by atoms with Gasteiger partial charge in [0.2, 0.25) is 0 Å². The molecule has 10 atom stereocenters. The maximum absolute atomic E-state index is 13.2. The Morgan fingerprint density at radius 1 is 0.615 bits per heavy atom. The highest BCUT2D eigenvalue weighted by Crippen LogP contribution is 2.44. The van der Waals surface area contributed by atoms with Crippen molar-refractivity contribution < 1.29 is 52.2 Å². The number of carbonyl (C=O) groups is 2. The second-order valence-electron chi connectivity index (χ2n) is 12.9. The minimum atomic E-state index is -1.00. The van der Waals surface area contributed by atoms with Crippen LogP contribution in [0.3, 0.4) is 0 Å². The van der Waals surface area contributed by atoms with Gasteiger partial charge in [0, 0.05) is 7.11 Å². The van der Waals surface area contributed by atoms with Crippen LogP contribution in [-0.2, 0) is 55.8 Å². The van der Waals surface area contributed by atoms with Gasteiger partial charge in [0.15, 0.2) is 18.7 Å². The van der Waals surface area contributed by atoms with Gasteiger partial charge < -0.3 is 42.6 Å². The molecule has 272 valence electrons. The molecule has 3 aliphatic rings. The number of fused-ring (bicyclic) bond motifs is 1. The van der Waals surface area contributed by atoms with Crippen molar-refractivity contribution in [3.05, 3.63) is 144 Å². The second-order valence-corrected chi connectivity index (χ2v) is 12.9. The molecule has 0 spiro atoms. The Morgan fingerprint density at radius 2 is 1.15 bits per heavy atom. The Kier molecular flexibility index (Phi) is 11.7. The van der Waals surface area contributed by atoms with Crippen LogP contribution >= 0.6 is 0 Å². The SMILES string of the molecule is CO[C@@H]1O[C@@H](C)[C@H](OCc2ccccc2)[C@@H](OCc2ccccc2)[C@H]1O[C@H]1O[C@@H]([C@@H](COC(=O)c2ccccc2)OC(=O)c2ccccc2)[C@H]2O[C@@H]12. The first-order valence-electron chi connectivity index (χ1n) is 17.4. The van der Waals surface area contributed by atoms with E-state index in [0.29, 0.717) is 24.3 Å². The molecule has 4 aromatic rings. The minimum Gasteiger partial charge on any atom is -0.458 e. The number of epoxide rings is 1. The van der Waals surface area contributed by atoms with Crippen LogP contribution in [0.25, 0.3) is 0 Å². The van der Waals surface area contributed by atoms with Crippen LogP contribution in [0.5, 0.6) is 0 Å². The minimum absolute atomic E-state index is 0.265. The fraction of sp³-hybridized carbons (Fsp3) is 0.366. The van der Waals surface area contributed by atoms with Crippen molar-refractivity contribution in [2.45, 2.75) is 81.5 Å². The molecule has 7 rings (SSSR count). The Morgan fingerprint density at radius 3 is 1.73 bits per heavy atom. The van der Waals surface area contributed by atoms with Crippen LogP contribution in [-0.4, -0.2) is 87.1 Å². The average Bonchev–Trinajstić information content (AvgIpc) is 3.91. The second kappa shape index (κ2) is 16.9. The maximum Gasteiger partial charge on any atom is 0.338 e. The summed E-state index contributed by atoms with van der Waals surface area (Å²) >= 11 is 0. The lowest BCUT2D eigenvalue weighted by Gasteiger charge is -2.45. The molecule has 0 aromatic heterocycles. The van der Waals surface area contributed by atoms with E-state index in [4.69, 9.17) is 42.6 Å². The molecule has 3 fully saturated rings. The van der Waals surface area contributed by atoms with Gasteiger partial charge in [-0.1, -0.05) is 97.1 Å². The predicted octanol–water partition coefficient (Wildman–Crippen LogP) is 5.51. The molecular formula is C41H42O11. The largest absolute Gasteiger partial charge is 0.458 e. The first-order chi connectivity index (χ1) is 25.5. The fourth-order valence-corrected chi connectivity index (χ4v) is 6.54. The van der Waals surface area contributed by atoms with Gasteiger partial charge in [-0.3, -0.25) is 0 Å². The summed E-state index contributed by atoms with van der Waals surface area (Å²) in [6.07, 6.45) is -6.89. The zero-order valence-corrected chi connectivity index (χ0v) is 28.9. The van der Waals surface area contributed by atoms with Gasteiger partial charge in [-0.2, -0.15) is 0 Å². The molecule has 11 nitrogen and oxygen atoms in total. The standard InChI is InChI=1S/C41H42O11/c1-26-32(45-23-27-15-7-3-8-16-27)34(46-24-28-17-9-4-10-18-28)36(40(44-2)48-26)52-41-37-35(50-37)33(51-41)31(49-39(43)30-21-13-6-14-22-30)25-47-38(42)29-19-11-5-12-20-29/h3-22,26,31-37,40-41H,23-25H2,1-2H3/t26-,31+,32-,33-,34+,35+,36+,37+,40+,41+/m0/s1. The van der Waals surface area contributed by atoms with Gasteiger partial charge in [0.25, 0.3) is 0 Å². The van der Waals surface area contributed by atoms with E-state index in [-0.39, 0.29) is 6.61 Å². The summed E-state index contributed by atoms with van der Waals surface area (Å²) in [6, 6.07) is 36.9. The molecule has 3 aliphatic heterocycles. The van der Waals surface area contributed by atoms with E-state index in [2.05, 4.69) is 0 Å². The van der Waals surface area contributed by atoms with Crippen LogP contribution in [0.1, 0.15) is 38.8 Å². The molecule has 0 radical (unpaired) electrons. The van der Waals surface area contributed by atoms with Crippen molar-refractivity contribution in [3.8, 4) is 0 Å². The van der Waals surface area contributed by atoms with E-state index in [9.17, 15) is 9.59 Å². The third-order valence-electron chi connectivity index (χ3n) is 9.29. The van der Waals surface area contributed by atoms with Crippen molar-refractivity contribution in [2.75, 3.05) is 13.7 Å². The van der Waals surface area contributed by atoms with Crippen LogP contribution in [0, 0.1) is 0 Å². The Bertz CT molecular complexity index is 1730. The predicted molar refractivity (Wildman–Crippen MR) is 186 cm³/mol. The number of benzene rings is 4. The molecule has 3 heterocycles. The van der Waals surface area contributed by atoms with Gasteiger partial charge in [-0.05, 0) is 42.3 Å². The molecule has 0 unspecified atom stereocenters. The quantitative estimate of drug-likeness (QED) is 0.115. The highest BCUT2D eigenvalue weighted by Gasteiger charge is 2.63. The lowest BCUT2D eigenvalue weighted by atomic mass is 9.98. The molecule has 0 N–H and O–H groups in total. The van der Waals surface area contributed by atoms with Gasteiger partial charge in [0.05, 0.1) is 30.4 Å². The molecule has 0 saturated carbocycles. The van der Waals surface area contributed by atoms with Crippen molar-refractivity contribution in [2.24, 2.45) is 0 Å². The molecular weight excluding hydrogens is 668 g/mol. The van der Waals surface area contributed by atoms with E-state index in [1.807, 2.05) is 67.6 Å². The molecule has 11 heteroatoms. The third kappa shape index (κ3) is 8.59. The van der Waals surface area contributed by atoms with E-state index in [1.54, 1.807) is 67.8 Å². The van der Waals surface area contributed by atoms with E-state index in [1.165, 1.54) is 0 Å². The number of rotatable bonds is 15. The normalized spacial score (nSPS) is 28.4. The molecule has 0 amide bonds.